The van der Waals surface area contributed by atoms with Crippen LogP contribution in [-0.4, -0.2) is 37.7 Å². The first-order valence-electron chi connectivity index (χ1n) is 8.41. The van der Waals surface area contributed by atoms with E-state index in [9.17, 15) is 9.90 Å². The van der Waals surface area contributed by atoms with Gasteiger partial charge in [-0.25, -0.2) is 4.79 Å². The molecular weight excluding hydrogens is 332 g/mol. The van der Waals surface area contributed by atoms with Gasteiger partial charge in [0.2, 0.25) is 0 Å². The van der Waals surface area contributed by atoms with Crippen molar-refractivity contribution in [1.82, 2.24) is 0 Å². The molecule has 0 heterocycles. The lowest BCUT2D eigenvalue weighted by atomic mass is 9.89. The molecule has 5 nitrogen and oxygen atoms in total. The van der Waals surface area contributed by atoms with Crippen LogP contribution < -0.4 is 4.74 Å². The third-order valence-electron chi connectivity index (χ3n) is 3.91. The summed E-state index contributed by atoms with van der Waals surface area (Å²) in [6, 6.07) is 11.1. The summed E-state index contributed by atoms with van der Waals surface area (Å²) in [7, 11) is 2.90. The van der Waals surface area contributed by atoms with Crippen molar-refractivity contribution in [2.75, 3.05) is 21.0 Å². The summed E-state index contributed by atoms with van der Waals surface area (Å²) >= 11 is 0. The van der Waals surface area contributed by atoms with E-state index in [1.807, 2.05) is 25.1 Å². The van der Waals surface area contributed by atoms with Gasteiger partial charge in [0.1, 0.15) is 5.75 Å². The van der Waals surface area contributed by atoms with E-state index in [4.69, 9.17) is 14.2 Å². The Morgan fingerprint density at radius 2 is 1.81 bits per heavy atom. The molecule has 0 aromatic heterocycles. The van der Waals surface area contributed by atoms with Crippen LogP contribution in [-0.2, 0) is 15.9 Å². The second kappa shape index (κ2) is 8.34. The van der Waals surface area contributed by atoms with Gasteiger partial charge in [-0.2, -0.15) is 0 Å². The number of carbonyl (C=O) groups is 1. The Morgan fingerprint density at radius 3 is 2.42 bits per heavy atom. The van der Waals surface area contributed by atoms with Crippen molar-refractivity contribution in [3.8, 4) is 16.9 Å². The molecule has 2 aromatic rings. The maximum absolute atomic E-state index is 12.0. The molecule has 5 heteroatoms. The van der Waals surface area contributed by atoms with E-state index in [0.29, 0.717) is 17.7 Å². The summed E-state index contributed by atoms with van der Waals surface area (Å²) in [5.41, 5.74) is 3.29. The van der Waals surface area contributed by atoms with Crippen LogP contribution in [0.25, 0.3) is 11.1 Å². The van der Waals surface area contributed by atoms with Crippen molar-refractivity contribution >= 4 is 5.97 Å². The minimum absolute atomic E-state index is 0.0945. The lowest BCUT2D eigenvalue weighted by Crippen LogP contribution is -2.22. The Hall–Kier alpha value is -2.37. The Kier molecular flexibility index (Phi) is 6.40. The summed E-state index contributed by atoms with van der Waals surface area (Å²) in [5, 5.41) is 10.3. The standard InChI is InChI=1S/C21H26O5/c1-14-6-8-17(16(10-14)12-21(2,3)23)18-11-15(20(22)25-5)7-9-19(18)26-13-24-4/h6-11,23H,12-13H2,1-5H3. The van der Waals surface area contributed by atoms with Crippen molar-refractivity contribution in [1.29, 1.82) is 0 Å². The fourth-order valence-electron chi connectivity index (χ4n) is 2.83. The second-order valence-corrected chi connectivity index (χ2v) is 6.90. The maximum Gasteiger partial charge on any atom is 0.337 e. The molecule has 0 aliphatic carbocycles. The fourth-order valence-corrected chi connectivity index (χ4v) is 2.83. The van der Waals surface area contributed by atoms with Gasteiger partial charge in [-0.3, -0.25) is 0 Å². The molecule has 0 saturated carbocycles. The summed E-state index contributed by atoms with van der Waals surface area (Å²) in [6.45, 7) is 5.64. The van der Waals surface area contributed by atoms with Gasteiger partial charge in [-0.1, -0.05) is 23.8 Å². The molecule has 0 amide bonds. The zero-order valence-corrected chi connectivity index (χ0v) is 16.0. The quantitative estimate of drug-likeness (QED) is 0.603. The second-order valence-electron chi connectivity index (χ2n) is 6.90. The third-order valence-corrected chi connectivity index (χ3v) is 3.91. The molecule has 0 bridgehead atoms. The van der Waals surface area contributed by atoms with E-state index in [0.717, 1.165) is 22.3 Å². The van der Waals surface area contributed by atoms with Crippen molar-refractivity contribution in [2.45, 2.75) is 32.8 Å². The van der Waals surface area contributed by atoms with Crippen LogP contribution in [0.3, 0.4) is 0 Å². The first kappa shape index (κ1) is 19.9. The Morgan fingerprint density at radius 1 is 1.08 bits per heavy atom. The number of benzene rings is 2. The highest BCUT2D eigenvalue weighted by molar-refractivity contribution is 5.92. The van der Waals surface area contributed by atoms with Crippen LogP contribution >= 0.6 is 0 Å². The third kappa shape index (κ3) is 5.07. The number of hydrogen-bond acceptors (Lipinski definition) is 5. The number of aryl methyl sites for hydroxylation is 1. The number of ether oxygens (including phenoxy) is 3. The molecule has 0 atom stereocenters. The molecule has 0 saturated heterocycles. The highest BCUT2D eigenvalue weighted by Gasteiger charge is 2.20. The van der Waals surface area contributed by atoms with Crippen LogP contribution in [0, 0.1) is 6.92 Å². The zero-order valence-electron chi connectivity index (χ0n) is 16.0. The highest BCUT2D eigenvalue weighted by atomic mass is 16.7. The van der Waals surface area contributed by atoms with Crippen LogP contribution in [0.2, 0.25) is 0 Å². The van der Waals surface area contributed by atoms with E-state index in [2.05, 4.69) is 0 Å². The average molecular weight is 358 g/mol. The SMILES string of the molecule is COCOc1ccc(C(=O)OC)cc1-c1ccc(C)cc1CC(C)(C)O. The first-order valence-corrected chi connectivity index (χ1v) is 8.41. The molecule has 2 rings (SSSR count). The van der Waals surface area contributed by atoms with Gasteiger partial charge in [0, 0.05) is 19.1 Å². The minimum Gasteiger partial charge on any atom is -0.467 e. The minimum atomic E-state index is -0.865. The Balaban J connectivity index is 2.62. The van der Waals surface area contributed by atoms with E-state index in [1.54, 1.807) is 39.2 Å². The van der Waals surface area contributed by atoms with Crippen LogP contribution in [0.4, 0.5) is 0 Å². The van der Waals surface area contributed by atoms with Crippen molar-refractivity contribution in [3.05, 3.63) is 53.1 Å². The van der Waals surface area contributed by atoms with Crippen molar-refractivity contribution < 1.29 is 24.1 Å². The summed E-state index contributed by atoms with van der Waals surface area (Å²) < 4.78 is 15.5. The molecule has 140 valence electrons. The molecule has 0 aliphatic heterocycles. The lowest BCUT2D eigenvalue weighted by molar-refractivity contribution is 0.0514. The Bertz CT molecular complexity index is 774. The molecule has 2 aromatic carbocycles. The van der Waals surface area contributed by atoms with Gasteiger partial charge in [0.05, 0.1) is 18.3 Å². The van der Waals surface area contributed by atoms with Crippen molar-refractivity contribution in [3.63, 3.8) is 0 Å². The lowest BCUT2D eigenvalue weighted by Gasteiger charge is -2.21. The van der Waals surface area contributed by atoms with Crippen LogP contribution in [0.1, 0.15) is 35.3 Å². The molecule has 0 spiro atoms. The van der Waals surface area contributed by atoms with Gasteiger partial charge < -0.3 is 19.3 Å². The molecule has 0 aliphatic rings. The number of esters is 1. The monoisotopic (exact) mass is 358 g/mol. The predicted octanol–water partition coefficient (Wildman–Crippen LogP) is 3.74. The highest BCUT2D eigenvalue weighted by Crippen LogP contribution is 2.35. The number of carbonyl (C=O) groups excluding carboxylic acids is 1. The Labute approximate surface area is 154 Å². The average Bonchev–Trinajstić information content (AvgIpc) is 2.58. The van der Waals surface area contributed by atoms with Crippen LogP contribution in [0.5, 0.6) is 5.75 Å². The van der Waals surface area contributed by atoms with E-state index < -0.39 is 11.6 Å². The molecule has 1 N–H and O–H groups in total. The van der Waals surface area contributed by atoms with E-state index in [-0.39, 0.29) is 6.79 Å². The molecule has 0 fully saturated rings. The number of aliphatic hydroxyl groups is 1. The van der Waals surface area contributed by atoms with E-state index in [1.165, 1.54) is 7.11 Å². The summed E-state index contributed by atoms with van der Waals surface area (Å²) in [6.07, 6.45) is 0.468. The summed E-state index contributed by atoms with van der Waals surface area (Å²) in [4.78, 5) is 12.0. The van der Waals surface area contributed by atoms with Gasteiger partial charge >= 0.3 is 5.97 Å². The van der Waals surface area contributed by atoms with Gasteiger partial charge in [-0.15, -0.1) is 0 Å². The molecular formula is C21H26O5. The normalized spacial score (nSPS) is 11.3. The predicted molar refractivity (Wildman–Crippen MR) is 100 cm³/mol. The molecule has 26 heavy (non-hydrogen) atoms. The van der Waals surface area contributed by atoms with Crippen LogP contribution in [0.15, 0.2) is 36.4 Å². The van der Waals surface area contributed by atoms with Crippen molar-refractivity contribution in [2.24, 2.45) is 0 Å². The first-order chi connectivity index (χ1) is 12.2. The zero-order chi connectivity index (χ0) is 19.3. The van der Waals surface area contributed by atoms with Gasteiger partial charge in [0.25, 0.3) is 0 Å². The number of methoxy groups -OCH3 is 2. The molecule has 0 unspecified atom stereocenters. The molecule has 0 radical (unpaired) electrons. The number of hydrogen-bond donors (Lipinski definition) is 1. The maximum atomic E-state index is 12.0. The fraction of sp³-hybridized carbons (Fsp3) is 0.381. The topological polar surface area (TPSA) is 65.0 Å². The number of rotatable bonds is 7. The largest absolute Gasteiger partial charge is 0.467 e. The smallest absolute Gasteiger partial charge is 0.337 e. The summed E-state index contributed by atoms with van der Waals surface area (Å²) in [5.74, 6) is 0.182. The van der Waals surface area contributed by atoms with E-state index >= 15 is 0 Å². The van der Waals surface area contributed by atoms with Gasteiger partial charge in [-0.05, 0) is 50.1 Å². The van der Waals surface area contributed by atoms with Gasteiger partial charge in [0.15, 0.2) is 6.79 Å².